The standard InChI is InChI=1S/C17H19N3O5/c1-23-13-7-12(8-14(24-2)16(13)25-10-15(18)21)17(22)20-9-11-3-5-19-6-4-11/h3-8H,9-10H2,1-2H3,(H2,18,21)(H,20,22). The van der Waals surface area contributed by atoms with Crippen LogP contribution in [-0.4, -0.2) is 37.6 Å². The molecular formula is C17H19N3O5. The Hall–Kier alpha value is -3.29. The number of aromatic nitrogens is 1. The number of nitrogens with zero attached hydrogens (tertiary/aromatic N) is 1. The van der Waals surface area contributed by atoms with Gasteiger partial charge in [0.2, 0.25) is 5.75 Å². The first-order valence-corrected chi connectivity index (χ1v) is 7.39. The molecular weight excluding hydrogens is 326 g/mol. The molecule has 2 aromatic rings. The first-order chi connectivity index (χ1) is 12.0. The van der Waals surface area contributed by atoms with Gasteiger partial charge in [0, 0.05) is 24.5 Å². The molecule has 0 atom stereocenters. The van der Waals surface area contributed by atoms with Crippen molar-refractivity contribution in [1.29, 1.82) is 0 Å². The van der Waals surface area contributed by atoms with E-state index in [-0.39, 0.29) is 29.8 Å². The minimum absolute atomic E-state index is 0.203. The van der Waals surface area contributed by atoms with Gasteiger partial charge >= 0.3 is 0 Å². The van der Waals surface area contributed by atoms with Gasteiger partial charge in [0.15, 0.2) is 18.1 Å². The molecule has 0 unspecified atom stereocenters. The van der Waals surface area contributed by atoms with Crippen LogP contribution in [0.3, 0.4) is 0 Å². The van der Waals surface area contributed by atoms with Crippen LogP contribution in [0.25, 0.3) is 0 Å². The van der Waals surface area contributed by atoms with Crippen molar-refractivity contribution in [3.05, 3.63) is 47.8 Å². The molecule has 0 saturated heterocycles. The molecule has 0 aliphatic rings. The monoisotopic (exact) mass is 345 g/mol. The molecule has 0 aliphatic carbocycles. The van der Waals surface area contributed by atoms with Gasteiger partial charge in [0.25, 0.3) is 11.8 Å². The molecule has 3 N–H and O–H groups in total. The van der Waals surface area contributed by atoms with Gasteiger partial charge in [-0.1, -0.05) is 0 Å². The summed E-state index contributed by atoms with van der Waals surface area (Å²) in [5.41, 5.74) is 6.33. The lowest BCUT2D eigenvalue weighted by Crippen LogP contribution is -2.23. The Morgan fingerprint density at radius 1 is 1.12 bits per heavy atom. The lowest BCUT2D eigenvalue weighted by Gasteiger charge is -2.15. The van der Waals surface area contributed by atoms with Crippen LogP contribution in [0.4, 0.5) is 0 Å². The van der Waals surface area contributed by atoms with Gasteiger partial charge in [-0.25, -0.2) is 0 Å². The van der Waals surface area contributed by atoms with Crippen molar-refractivity contribution in [3.8, 4) is 17.2 Å². The summed E-state index contributed by atoms with van der Waals surface area (Å²) in [5, 5.41) is 2.79. The molecule has 2 rings (SSSR count). The second-order valence-electron chi connectivity index (χ2n) is 5.00. The number of carbonyl (C=O) groups is 2. The molecule has 0 radical (unpaired) electrons. The Morgan fingerprint density at radius 2 is 1.72 bits per heavy atom. The zero-order valence-electron chi connectivity index (χ0n) is 13.9. The number of hydrogen-bond donors (Lipinski definition) is 2. The van der Waals surface area contributed by atoms with Crippen LogP contribution >= 0.6 is 0 Å². The summed E-state index contributed by atoms with van der Waals surface area (Å²) < 4.78 is 15.8. The third-order valence-electron chi connectivity index (χ3n) is 3.28. The Balaban J connectivity index is 2.19. The number of pyridine rings is 1. The molecule has 0 spiro atoms. The number of rotatable bonds is 8. The molecule has 25 heavy (non-hydrogen) atoms. The molecule has 1 heterocycles. The largest absolute Gasteiger partial charge is 0.493 e. The van der Waals surface area contributed by atoms with Gasteiger partial charge in [-0.2, -0.15) is 0 Å². The number of benzene rings is 1. The van der Waals surface area contributed by atoms with E-state index >= 15 is 0 Å². The Kier molecular flexibility index (Phi) is 6.16. The van der Waals surface area contributed by atoms with Crippen molar-refractivity contribution in [2.75, 3.05) is 20.8 Å². The molecule has 8 heteroatoms. The minimum Gasteiger partial charge on any atom is -0.493 e. The lowest BCUT2D eigenvalue weighted by molar-refractivity contribution is -0.120. The van der Waals surface area contributed by atoms with Crippen molar-refractivity contribution in [2.24, 2.45) is 5.73 Å². The summed E-state index contributed by atoms with van der Waals surface area (Å²) in [7, 11) is 2.84. The fraction of sp³-hybridized carbons (Fsp3) is 0.235. The van der Waals surface area contributed by atoms with Crippen LogP contribution in [0.5, 0.6) is 17.2 Å². The van der Waals surface area contributed by atoms with E-state index in [2.05, 4.69) is 10.3 Å². The van der Waals surface area contributed by atoms with E-state index in [4.69, 9.17) is 19.9 Å². The van der Waals surface area contributed by atoms with Gasteiger partial charge in [0.05, 0.1) is 14.2 Å². The molecule has 1 aromatic heterocycles. The van der Waals surface area contributed by atoms with E-state index < -0.39 is 5.91 Å². The topological polar surface area (TPSA) is 113 Å². The second kappa shape index (κ2) is 8.53. The number of nitrogens with one attached hydrogen (secondary N) is 1. The average Bonchev–Trinajstić information content (AvgIpc) is 2.64. The van der Waals surface area contributed by atoms with Crippen LogP contribution in [0.2, 0.25) is 0 Å². The molecule has 132 valence electrons. The van der Waals surface area contributed by atoms with Crippen LogP contribution in [-0.2, 0) is 11.3 Å². The summed E-state index contributed by atoms with van der Waals surface area (Å²) in [4.78, 5) is 27.2. The van der Waals surface area contributed by atoms with Crippen molar-refractivity contribution in [2.45, 2.75) is 6.54 Å². The predicted octanol–water partition coefficient (Wildman–Crippen LogP) is 0.893. The first kappa shape index (κ1) is 18.1. The number of carbonyl (C=O) groups excluding carboxylic acids is 2. The SMILES string of the molecule is COc1cc(C(=O)NCc2ccncc2)cc(OC)c1OCC(N)=O. The van der Waals surface area contributed by atoms with Gasteiger partial charge < -0.3 is 25.3 Å². The molecule has 1 aromatic carbocycles. The number of primary amides is 1. The van der Waals surface area contributed by atoms with Gasteiger partial charge in [-0.3, -0.25) is 14.6 Å². The van der Waals surface area contributed by atoms with E-state index in [1.54, 1.807) is 12.4 Å². The van der Waals surface area contributed by atoms with E-state index in [9.17, 15) is 9.59 Å². The molecule has 0 bridgehead atoms. The highest BCUT2D eigenvalue weighted by atomic mass is 16.5. The first-order valence-electron chi connectivity index (χ1n) is 7.39. The van der Waals surface area contributed by atoms with Crippen molar-refractivity contribution < 1.29 is 23.8 Å². The van der Waals surface area contributed by atoms with E-state index in [0.29, 0.717) is 12.1 Å². The maximum atomic E-state index is 12.4. The van der Waals surface area contributed by atoms with Crippen LogP contribution in [0.15, 0.2) is 36.7 Å². The quantitative estimate of drug-likeness (QED) is 0.735. The summed E-state index contributed by atoms with van der Waals surface area (Å²) in [6.07, 6.45) is 3.30. The zero-order chi connectivity index (χ0) is 18.2. The third kappa shape index (κ3) is 4.84. The van der Waals surface area contributed by atoms with Crippen molar-refractivity contribution >= 4 is 11.8 Å². The lowest BCUT2D eigenvalue weighted by atomic mass is 10.1. The smallest absolute Gasteiger partial charge is 0.255 e. The fourth-order valence-electron chi connectivity index (χ4n) is 2.08. The van der Waals surface area contributed by atoms with Crippen LogP contribution < -0.4 is 25.3 Å². The van der Waals surface area contributed by atoms with Crippen molar-refractivity contribution in [1.82, 2.24) is 10.3 Å². The predicted molar refractivity (Wildman–Crippen MR) is 89.6 cm³/mol. The maximum Gasteiger partial charge on any atom is 0.255 e. The summed E-state index contributed by atoms with van der Waals surface area (Å²) in [6, 6.07) is 6.62. The molecule has 0 fully saturated rings. The average molecular weight is 345 g/mol. The van der Waals surface area contributed by atoms with Gasteiger partial charge in [0.1, 0.15) is 0 Å². The number of methoxy groups -OCH3 is 2. The Bertz CT molecular complexity index is 724. The number of nitrogens with two attached hydrogens (primary N) is 1. The Morgan fingerprint density at radius 3 is 2.24 bits per heavy atom. The summed E-state index contributed by atoms with van der Waals surface area (Å²) >= 11 is 0. The third-order valence-corrected chi connectivity index (χ3v) is 3.28. The van der Waals surface area contributed by atoms with E-state index in [1.807, 2.05) is 12.1 Å². The maximum absolute atomic E-state index is 12.4. The van der Waals surface area contributed by atoms with Gasteiger partial charge in [-0.15, -0.1) is 0 Å². The number of hydrogen-bond acceptors (Lipinski definition) is 6. The Labute approximate surface area is 144 Å². The van der Waals surface area contributed by atoms with Gasteiger partial charge in [-0.05, 0) is 29.8 Å². The van der Waals surface area contributed by atoms with E-state index in [0.717, 1.165) is 5.56 Å². The van der Waals surface area contributed by atoms with Crippen molar-refractivity contribution in [3.63, 3.8) is 0 Å². The van der Waals surface area contributed by atoms with Crippen LogP contribution in [0, 0.1) is 0 Å². The molecule has 0 aliphatic heterocycles. The number of amides is 2. The fourth-order valence-corrected chi connectivity index (χ4v) is 2.08. The highest BCUT2D eigenvalue weighted by molar-refractivity contribution is 5.95. The van der Waals surface area contributed by atoms with Crippen LogP contribution in [0.1, 0.15) is 15.9 Å². The molecule has 8 nitrogen and oxygen atoms in total. The minimum atomic E-state index is -0.636. The second-order valence-corrected chi connectivity index (χ2v) is 5.00. The van der Waals surface area contributed by atoms with E-state index in [1.165, 1.54) is 26.4 Å². The zero-order valence-corrected chi connectivity index (χ0v) is 13.9. The molecule has 0 saturated carbocycles. The summed E-state index contributed by atoms with van der Waals surface area (Å²) in [5.74, 6) is -0.225. The highest BCUT2D eigenvalue weighted by Gasteiger charge is 2.18. The summed E-state index contributed by atoms with van der Waals surface area (Å²) in [6.45, 7) is 0.0201. The number of ether oxygens (including phenoxy) is 3. The highest BCUT2D eigenvalue weighted by Crippen LogP contribution is 2.38. The normalized spacial score (nSPS) is 10.0. The molecule has 2 amide bonds.